The van der Waals surface area contributed by atoms with Gasteiger partial charge in [0, 0.05) is 28.3 Å². The topological polar surface area (TPSA) is 69.2 Å². The molecule has 1 N–H and O–H groups in total. The molecule has 0 radical (unpaired) electrons. The zero-order valence-electron chi connectivity index (χ0n) is 22.8. The molecule has 0 atom stereocenters. The van der Waals surface area contributed by atoms with Gasteiger partial charge in [-0.2, -0.15) is 5.26 Å². The van der Waals surface area contributed by atoms with Crippen molar-refractivity contribution in [2.45, 2.75) is 74.5 Å². The molecule has 1 saturated carbocycles. The third kappa shape index (κ3) is 7.17. The molecule has 0 unspecified atom stereocenters. The molecule has 6 nitrogen and oxygen atoms in total. The first-order valence-electron chi connectivity index (χ1n) is 14.3. The van der Waals surface area contributed by atoms with E-state index in [1.807, 2.05) is 24.3 Å². The van der Waals surface area contributed by atoms with Crippen LogP contribution < -0.4 is 5.32 Å². The van der Waals surface area contributed by atoms with E-state index < -0.39 is 0 Å². The highest BCUT2D eigenvalue weighted by molar-refractivity contribution is 7.98. The van der Waals surface area contributed by atoms with Crippen LogP contribution in [0.1, 0.15) is 80.5 Å². The van der Waals surface area contributed by atoms with Gasteiger partial charge < -0.3 is 10.2 Å². The number of nitrogens with zero attached hydrogens (tertiary/aromatic N) is 5. The summed E-state index contributed by atoms with van der Waals surface area (Å²) in [6.07, 6.45) is 10.5. The molecule has 5 rings (SSSR count). The van der Waals surface area contributed by atoms with Crippen molar-refractivity contribution < 1.29 is 0 Å². The van der Waals surface area contributed by atoms with E-state index in [0.717, 1.165) is 67.0 Å². The highest BCUT2D eigenvalue weighted by atomic mass is 35.5. The van der Waals surface area contributed by atoms with Crippen LogP contribution in [0.25, 0.3) is 15.4 Å². The van der Waals surface area contributed by atoms with Crippen LogP contribution >= 0.6 is 34.7 Å². The number of thioether (sulfide) groups is 1. The van der Waals surface area contributed by atoms with Crippen molar-refractivity contribution in [3.63, 3.8) is 0 Å². The molecule has 0 spiro atoms. The fourth-order valence-corrected chi connectivity index (χ4v) is 7.69. The number of nitriles is 1. The number of halogens is 1. The molecule has 208 valence electrons. The molecule has 3 aromatic rings. The van der Waals surface area contributed by atoms with Crippen molar-refractivity contribution >= 4 is 46.2 Å². The normalized spacial score (nSPS) is 16.4. The van der Waals surface area contributed by atoms with Crippen LogP contribution in [-0.2, 0) is 5.75 Å². The Morgan fingerprint density at radius 1 is 1.10 bits per heavy atom. The van der Waals surface area contributed by atoms with Crippen LogP contribution in [0.4, 0.5) is 11.5 Å². The molecule has 0 amide bonds. The van der Waals surface area contributed by atoms with Gasteiger partial charge in [0.2, 0.25) is 5.69 Å². The number of benzene rings is 1. The van der Waals surface area contributed by atoms with Crippen LogP contribution in [0.5, 0.6) is 0 Å². The Kier molecular flexibility index (Phi) is 10.3. The van der Waals surface area contributed by atoms with Crippen molar-refractivity contribution in [3.8, 4) is 16.6 Å². The van der Waals surface area contributed by atoms with Gasteiger partial charge in [0.1, 0.15) is 21.9 Å². The summed E-state index contributed by atoms with van der Waals surface area (Å²) in [7, 11) is 0. The standard InChI is InChI=1S/C31H35ClN6S2/c1-34-28-27(22-9-4-2-5-10-22)26(19-33)31(37-29(28)35-15-8-18-38-16-6-3-7-17-38)40-21-25-20-39-30(36-25)23-11-13-24(32)14-12-23/h11-14,20,22H,2-10,15-18,21H2,(H,35,37). The van der Waals surface area contributed by atoms with Gasteiger partial charge in [0.05, 0.1) is 17.8 Å². The van der Waals surface area contributed by atoms with Crippen molar-refractivity contribution in [1.82, 2.24) is 14.9 Å². The second-order valence-electron chi connectivity index (χ2n) is 10.6. The first-order chi connectivity index (χ1) is 19.7. The molecule has 2 aliphatic rings. The number of aromatic nitrogens is 2. The molecular formula is C31H35ClN6S2. The highest BCUT2D eigenvalue weighted by Gasteiger charge is 2.28. The fourth-order valence-electron chi connectivity index (χ4n) is 5.74. The van der Waals surface area contributed by atoms with Gasteiger partial charge in [-0.05, 0) is 75.4 Å². The maximum atomic E-state index is 10.3. The summed E-state index contributed by atoms with van der Waals surface area (Å²) in [6, 6.07) is 10.2. The molecule has 9 heteroatoms. The second-order valence-corrected chi connectivity index (χ2v) is 12.8. The van der Waals surface area contributed by atoms with Crippen molar-refractivity contribution in [3.05, 3.63) is 62.9 Å². The van der Waals surface area contributed by atoms with Crippen LogP contribution in [0, 0.1) is 17.9 Å². The number of pyridine rings is 1. The monoisotopic (exact) mass is 590 g/mol. The zero-order chi connectivity index (χ0) is 27.7. The highest BCUT2D eigenvalue weighted by Crippen LogP contribution is 2.45. The molecule has 1 saturated heterocycles. The lowest BCUT2D eigenvalue weighted by Gasteiger charge is -2.27. The largest absolute Gasteiger partial charge is 0.379 e. The van der Waals surface area contributed by atoms with E-state index in [1.54, 1.807) is 23.1 Å². The molecule has 1 aliphatic heterocycles. The number of hydrogen-bond donors (Lipinski definition) is 1. The minimum absolute atomic E-state index is 0.236. The molecule has 1 aromatic carbocycles. The summed E-state index contributed by atoms with van der Waals surface area (Å²) in [4.78, 5) is 16.2. The predicted molar refractivity (Wildman–Crippen MR) is 167 cm³/mol. The molecule has 40 heavy (non-hydrogen) atoms. The van der Waals surface area contributed by atoms with Crippen molar-refractivity contribution in [2.24, 2.45) is 0 Å². The van der Waals surface area contributed by atoms with Crippen LogP contribution in [0.3, 0.4) is 0 Å². The maximum Gasteiger partial charge on any atom is 0.232 e. The number of rotatable bonds is 10. The van der Waals surface area contributed by atoms with Gasteiger partial charge >= 0.3 is 0 Å². The van der Waals surface area contributed by atoms with Gasteiger partial charge in [0.15, 0.2) is 0 Å². The average molecular weight is 591 g/mol. The van der Waals surface area contributed by atoms with E-state index in [2.05, 4.69) is 26.5 Å². The smallest absolute Gasteiger partial charge is 0.232 e. The number of likely N-dealkylation sites (tertiary alicyclic amines) is 1. The Hall–Kier alpha value is -2.62. The lowest BCUT2D eigenvalue weighted by Crippen LogP contribution is -2.31. The maximum absolute atomic E-state index is 10.3. The van der Waals surface area contributed by atoms with Crippen LogP contribution in [0.15, 0.2) is 34.7 Å². The van der Waals surface area contributed by atoms with E-state index in [1.165, 1.54) is 38.8 Å². The minimum atomic E-state index is 0.236. The molecule has 2 fully saturated rings. The SMILES string of the molecule is [C-]#[N+]c1c(NCCCN2CCCCC2)nc(SCc2csc(-c3ccc(Cl)cc3)n2)c(C#N)c1C1CCCCC1. The Morgan fingerprint density at radius 2 is 1.85 bits per heavy atom. The predicted octanol–water partition coefficient (Wildman–Crippen LogP) is 8.91. The summed E-state index contributed by atoms with van der Waals surface area (Å²) in [5, 5.41) is 18.2. The summed E-state index contributed by atoms with van der Waals surface area (Å²) in [5.41, 5.74) is 4.03. The fraction of sp³-hybridized carbons (Fsp3) is 0.484. The average Bonchev–Trinajstić information content (AvgIpc) is 3.48. The Morgan fingerprint density at radius 3 is 2.58 bits per heavy atom. The first-order valence-corrected chi connectivity index (χ1v) is 16.6. The van der Waals surface area contributed by atoms with Gasteiger partial charge in [-0.25, -0.2) is 14.8 Å². The molecule has 0 bridgehead atoms. The minimum Gasteiger partial charge on any atom is -0.379 e. The van der Waals surface area contributed by atoms with Gasteiger partial charge in [-0.15, -0.1) is 11.3 Å². The zero-order valence-corrected chi connectivity index (χ0v) is 25.2. The number of hydrogen-bond acceptors (Lipinski definition) is 7. The third-order valence-electron chi connectivity index (χ3n) is 7.80. The lowest BCUT2D eigenvalue weighted by molar-refractivity contribution is 0.228. The first kappa shape index (κ1) is 28.9. The Bertz CT molecular complexity index is 1360. The Balaban J connectivity index is 1.37. The summed E-state index contributed by atoms with van der Waals surface area (Å²) < 4.78 is 0. The summed E-state index contributed by atoms with van der Waals surface area (Å²) in [6.45, 7) is 12.3. The van der Waals surface area contributed by atoms with Crippen molar-refractivity contribution in [2.75, 3.05) is 31.5 Å². The van der Waals surface area contributed by atoms with Gasteiger partial charge in [0.25, 0.3) is 0 Å². The number of piperidine rings is 1. The van der Waals surface area contributed by atoms with Crippen molar-refractivity contribution in [1.29, 1.82) is 5.26 Å². The number of nitrogens with one attached hydrogen (secondary N) is 1. The number of thiazole rings is 1. The van der Waals surface area contributed by atoms with Gasteiger partial charge in [-0.1, -0.05) is 61.2 Å². The third-order valence-corrected chi connectivity index (χ3v) is 10.0. The van der Waals surface area contributed by atoms with E-state index in [9.17, 15) is 5.26 Å². The second kappa shape index (κ2) is 14.3. The molecule has 3 heterocycles. The number of anilines is 1. The Labute approximate surface area is 251 Å². The lowest BCUT2D eigenvalue weighted by atomic mass is 9.82. The summed E-state index contributed by atoms with van der Waals surface area (Å²) >= 11 is 9.20. The molecule has 2 aromatic heterocycles. The molecule has 1 aliphatic carbocycles. The summed E-state index contributed by atoms with van der Waals surface area (Å²) in [5.74, 6) is 1.48. The van der Waals surface area contributed by atoms with Crippen LogP contribution in [0.2, 0.25) is 5.02 Å². The quantitative estimate of drug-likeness (QED) is 0.144. The van der Waals surface area contributed by atoms with E-state index in [-0.39, 0.29) is 5.92 Å². The molecular weight excluding hydrogens is 556 g/mol. The van der Waals surface area contributed by atoms with Crippen LogP contribution in [-0.4, -0.2) is 41.0 Å². The van der Waals surface area contributed by atoms with E-state index in [0.29, 0.717) is 32.9 Å². The van der Waals surface area contributed by atoms with Gasteiger partial charge in [-0.3, -0.25) is 0 Å². The van der Waals surface area contributed by atoms with E-state index in [4.69, 9.17) is 28.1 Å². The van der Waals surface area contributed by atoms with E-state index >= 15 is 0 Å².